The molecule has 2 aromatic rings. The second-order valence-corrected chi connectivity index (χ2v) is 5.87. The number of ether oxygens (including phenoxy) is 1. The molecule has 0 aromatic heterocycles. The van der Waals surface area contributed by atoms with Crippen molar-refractivity contribution in [1.29, 1.82) is 5.26 Å². The molecular formula is C19H18ClN3O2. The van der Waals surface area contributed by atoms with E-state index in [1.54, 1.807) is 18.2 Å². The lowest BCUT2D eigenvalue weighted by atomic mass is 10.1. The Kier molecular flexibility index (Phi) is 6.04. The van der Waals surface area contributed by atoms with Crippen LogP contribution in [-0.2, 0) is 4.79 Å². The Hall–Kier alpha value is -2.97. The van der Waals surface area contributed by atoms with Crippen LogP contribution in [0.4, 0.5) is 11.4 Å². The third-order valence-corrected chi connectivity index (χ3v) is 3.76. The Morgan fingerprint density at radius 1 is 1.20 bits per heavy atom. The molecule has 2 N–H and O–H groups in total. The smallest absolute Gasteiger partial charge is 0.267 e. The van der Waals surface area contributed by atoms with Crippen molar-refractivity contribution in [1.82, 2.24) is 0 Å². The summed E-state index contributed by atoms with van der Waals surface area (Å²) in [7, 11) is 1.52. The highest BCUT2D eigenvalue weighted by molar-refractivity contribution is 6.31. The van der Waals surface area contributed by atoms with Gasteiger partial charge in [-0.25, -0.2) is 0 Å². The Bertz CT molecular complexity index is 869. The van der Waals surface area contributed by atoms with Crippen molar-refractivity contribution in [3.05, 3.63) is 64.3 Å². The predicted molar refractivity (Wildman–Crippen MR) is 99.9 cm³/mol. The molecule has 0 bridgehead atoms. The minimum absolute atomic E-state index is 0.0676. The summed E-state index contributed by atoms with van der Waals surface area (Å²) in [5.41, 5.74) is 3.18. The average molecular weight is 356 g/mol. The molecular weight excluding hydrogens is 338 g/mol. The van der Waals surface area contributed by atoms with Gasteiger partial charge in [0.1, 0.15) is 17.4 Å². The van der Waals surface area contributed by atoms with Crippen LogP contribution >= 0.6 is 11.6 Å². The number of carbonyl (C=O) groups excluding carboxylic acids is 1. The second-order valence-electron chi connectivity index (χ2n) is 5.43. The van der Waals surface area contributed by atoms with Crippen LogP contribution in [-0.4, -0.2) is 13.0 Å². The number of anilines is 2. The molecule has 1 amide bonds. The Labute approximate surface area is 151 Å². The van der Waals surface area contributed by atoms with E-state index in [9.17, 15) is 10.1 Å². The molecule has 0 fully saturated rings. The maximum absolute atomic E-state index is 12.3. The van der Waals surface area contributed by atoms with Gasteiger partial charge in [0.2, 0.25) is 0 Å². The van der Waals surface area contributed by atoms with E-state index in [1.807, 2.05) is 38.1 Å². The summed E-state index contributed by atoms with van der Waals surface area (Å²) in [6.07, 6.45) is 1.33. The molecule has 0 heterocycles. The third-order valence-electron chi connectivity index (χ3n) is 3.53. The first-order valence-corrected chi connectivity index (χ1v) is 7.91. The van der Waals surface area contributed by atoms with E-state index >= 15 is 0 Å². The normalized spacial score (nSPS) is 10.8. The van der Waals surface area contributed by atoms with E-state index in [1.165, 1.54) is 13.3 Å². The van der Waals surface area contributed by atoms with E-state index in [-0.39, 0.29) is 5.57 Å². The minimum Gasteiger partial charge on any atom is -0.495 e. The van der Waals surface area contributed by atoms with Gasteiger partial charge < -0.3 is 15.4 Å². The fraction of sp³-hybridized carbons (Fsp3) is 0.158. The van der Waals surface area contributed by atoms with Gasteiger partial charge in [-0.05, 0) is 43.7 Å². The number of methoxy groups -OCH3 is 1. The number of amides is 1. The molecule has 2 rings (SSSR count). The number of nitriles is 1. The topological polar surface area (TPSA) is 74.1 Å². The maximum atomic E-state index is 12.3. The molecule has 0 aliphatic heterocycles. The lowest BCUT2D eigenvalue weighted by Crippen LogP contribution is -2.15. The predicted octanol–water partition coefficient (Wildman–Crippen LogP) is 4.42. The number of aryl methyl sites for hydroxylation is 2. The van der Waals surface area contributed by atoms with E-state index in [4.69, 9.17) is 16.3 Å². The summed E-state index contributed by atoms with van der Waals surface area (Å²) in [6.45, 7) is 3.87. The number of halogens is 1. The van der Waals surface area contributed by atoms with E-state index < -0.39 is 5.91 Å². The molecule has 0 aliphatic carbocycles. The second kappa shape index (κ2) is 8.22. The van der Waals surface area contributed by atoms with Crippen molar-refractivity contribution in [2.24, 2.45) is 0 Å². The molecule has 0 atom stereocenters. The number of nitrogens with zero attached hydrogens (tertiary/aromatic N) is 1. The highest BCUT2D eigenvalue weighted by atomic mass is 35.5. The number of hydrogen-bond donors (Lipinski definition) is 2. The molecule has 0 spiro atoms. The Balaban J connectivity index is 2.18. The van der Waals surface area contributed by atoms with Crippen molar-refractivity contribution in [3.63, 3.8) is 0 Å². The van der Waals surface area contributed by atoms with E-state index in [0.717, 1.165) is 11.1 Å². The van der Waals surface area contributed by atoms with Crippen LogP contribution in [0.15, 0.2) is 48.2 Å². The standard InChI is InChI=1S/C19H18ClN3O2/c1-12-4-6-16(13(2)8-12)23-19(24)14(10-21)11-22-17-9-15(20)5-7-18(17)25-3/h4-9,11,22H,1-3H3,(H,23,24)/b14-11-. The molecule has 0 aliphatic rings. The van der Waals surface area contributed by atoms with Crippen LogP contribution in [0.1, 0.15) is 11.1 Å². The van der Waals surface area contributed by atoms with Gasteiger partial charge in [-0.1, -0.05) is 29.3 Å². The molecule has 0 saturated carbocycles. The Morgan fingerprint density at radius 2 is 1.96 bits per heavy atom. The summed E-state index contributed by atoms with van der Waals surface area (Å²) < 4.78 is 5.22. The summed E-state index contributed by atoms with van der Waals surface area (Å²) in [5.74, 6) is 0.0516. The molecule has 0 saturated heterocycles. The van der Waals surface area contributed by atoms with Gasteiger partial charge >= 0.3 is 0 Å². The fourth-order valence-electron chi connectivity index (χ4n) is 2.24. The number of benzene rings is 2. The zero-order chi connectivity index (χ0) is 18.4. The Morgan fingerprint density at radius 3 is 2.60 bits per heavy atom. The van der Waals surface area contributed by atoms with Crippen molar-refractivity contribution in [2.75, 3.05) is 17.7 Å². The number of hydrogen-bond acceptors (Lipinski definition) is 4. The number of carbonyl (C=O) groups is 1. The summed E-state index contributed by atoms with van der Waals surface area (Å²) in [5, 5.41) is 15.4. The van der Waals surface area contributed by atoms with Crippen molar-refractivity contribution >= 4 is 28.9 Å². The van der Waals surface area contributed by atoms with Gasteiger partial charge in [0, 0.05) is 16.9 Å². The van der Waals surface area contributed by atoms with Gasteiger partial charge in [0.15, 0.2) is 0 Å². The van der Waals surface area contributed by atoms with Gasteiger partial charge in [0.25, 0.3) is 5.91 Å². The highest BCUT2D eigenvalue weighted by Gasteiger charge is 2.11. The molecule has 25 heavy (non-hydrogen) atoms. The first-order chi connectivity index (χ1) is 11.9. The molecule has 128 valence electrons. The molecule has 2 aromatic carbocycles. The van der Waals surface area contributed by atoms with Gasteiger partial charge in [-0.15, -0.1) is 0 Å². The lowest BCUT2D eigenvalue weighted by molar-refractivity contribution is -0.112. The lowest BCUT2D eigenvalue weighted by Gasteiger charge is -2.10. The van der Waals surface area contributed by atoms with Crippen LogP contribution in [0, 0.1) is 25.2 Å². The average Bonchev–Trinajstić information content (AvgIpc) is 2.58. The monoisotopic (exact) mass is 355 g/mol. The molecule has 6 heteroatoms. The van der Waals surface area contributed by atoms with E-state index in [0.29, 0.717) is 22.1 Å². The van der Waals surface area contributed by atoms with Crippen LogP contribution in [0.5, 0.6) is 5.75 Å². The summed E-state index contributed by atoms with van der Waals surface area (Å²) in [6, 6.07) is 12.6. The van der Waals surface area contributed by atoms with Crippen LogP contribution < -0.4 is 15.4 Å². The van der Waals surface area contributed by atoms with Crippen molar-refractivity contribution in [2.45, 2.75) is 13.8 Å². The summed E-state index contributed by atoms with van der Waals surface area (Å²) in [4.78, 5) is 12.3. The highest BCUT2D eigenvalue weighted by Crippen LogP contribution is 2.27. The summed E-state index contributed by atoms with van der Waals surface area (Å²) >= 11 is 5.96. The first kappa shape index (κ1) is 18.4. The minimum atomic E-state index is -0.497. The molecule has 5 nitrogen and oxygen atoms in total. The van der Waals surface area contributed by atoms with Crippen LogP contribution in [0.2, 0.25) is 5.02 Å². The van der Waals surface area contributed by atoms with Crippen molar-refractivity contribution in [3.8, 4) is 11.8 Å². The van der Waals surface area contributed by atoms with Crippen molar-refractivity contribution < 1.29 is 9.53 Å². The van der Waals surface area contributed by atoms with Gasteiger partial charge in [-0.2, -0.15) is 5.26 Å². The largest absolute Gasteiger partial charge is 0.495 e. The van der Waals surface area contributed by atoms with Crippen LogP contribution in [0.25, 0.3) is 0 Å². The third kappa shape index (κ3) is 4.75. The number of nitrogens with one attached hydrogen (secondary N) is 2. The van der Waals surface area contributed by atoms with E-state index in [2.05, 4.69) is 10.6 Å². The molecule has 0 radical (unpaired) electrons. The first-order valence-electron chi connectivity index (χ1n) is 7.53. The maximum Gasteiger partial charge on any atom is 0.267 e. The zero-order valence-electron chi connectivity index (χ0n) is 14.2. The molecule has 0 unspecified atom stereocenters. The SMILES string of the molecule is COc1ccc(Cl)cc1N/C=C(/C#N)C(=O)Nc1ccc(C)cc1C. The van der Waals surface area contributed by atoms with Gasteiger partial charge in [-0.3, -0.25) is 4.79 Å². The van der Waals surface area contributed by atoms with Gasteiger partial charge in [0.05, 0.1) is 12.8 Å². The quantitative estimate of drug-likeness (QED) is 0.615. The van der Waals surface area contributed by atoms with Crippen LogP contribution in [0.3, 0.4) is 0 Å². The number of rotatable bonds is 5. The fourth-order valence-corrected chi connectivity index (χ4v) is 2.41. The zero-order valence-corrected chi connectivity index (χ0v) is 14.9.